The molecule has 62 valence electrons. The highest BCUT2D eigenvalue weighted by atomic mass is 79.9. The Morgan fingerprint density at radius 1 is 1.33 bits per heavy atom. The van der Waals surface area contributed by atoms with Gasteiger partial charge in [0.25, 0.3) is 0 Å². The van der Waals surface area contributed by atoms with Crippen LogP contribution < -0.4 is 0 Å². The highest BCUT2D eigenvalue weighted by Crippen LogP contribution is 2.09. The summed E-state index contributed by atoms with van der Waals surface area (Å²) in [6, 6.07) is 12.3. The number of alkyl halides is 1. The fourth-order valence-electron chi connectivity index (χ4n) is 1.00. The smallest absolute Gasteiger partial charge is 0.102 e. The van der Waals surface area contributed by atoms with Crippen molar-refractivity contribution in [3.63, 3.8) is 0 Å². The van der Waals surface area contributed by atoms with Gasteiger partial charge in [-0.25, -0.2) is 0 Å². The number of halogens is 1. The van der Waals surface area contributed by atoms with Crippen LogP contribution in [0, 0.1) is 11.3 Å². The first-order valence-electron chi connectivity index (χ1n) is 3.90. The summed E-state index contributed by atoms with van der Waals surface area (Å²) in [6.07, 6.45) is 1.84. The van der Waals surface area contributed by atoms with E-state index < -0.39 is 0 Å². The van der Waals surface area contributed by atoms with E-state index in [1.165, 1.54) is 5.56 Å². The average Bonchev–Trinajstić information content (AvgIpc) is 2.16. The van der Waals surface area contributed by atoms with Crippen LogP contribution in [0.3, 0.4) is 0 Å². The van der Waals surface area contributed by atoms with Gasteiger partial charge >= 0.3 is 0 Å². The number of benzene rings is 1. The molecule has 0 heterocycles. The molecule has 0 aliphatic carbocycles. The molecule has 1 atom stereocenters. The second kappa shape index (κ2) is 4.95. The molecule has 0 amide bonds. The minimum atomic E-state index is -0.0160. The maximum Gasteiger partial charge on any atom is 0.102 e. The molecule has 1 rings (SSSR count). The summed E-state index contributed by atoms with van der Waals surface area (Å²) in [5.74, 6) is 0. The maximum atomic E-state index is 8.52. The summed E-state index contributed by atoms with van der Waals surface area (Å²) in [5.41, 5.74) is 1.29. The van der Waals surface area contributed by atoms with Crippen LogP contribution in [0.15, 0.2) is 30.3 Å². The summed E-state index contributed by atoms with van der Waals surface area (Å²) in [5, 5.41) is 8.52. The van der Waals surface area contributed by atoms with Gasteiger partial charge in [0.05, 0.1) is 6.07 Å². The molecular weight excluding hydrogens is 214 g/mol. The minimum Gasteiger partial charge on any atom is -0.197 e. The van der Waals surface area contributed by atoms with Gasteiger partial charge in [-0.05, 0) is 18.4 Å². The van der Waals surface area contributed by atoms with E-state index in [9.17, 15) is 0 Å². The molecule has 1 nitrogen and oxygen atoms in total. The van der Waals surface area contributed by atoms with Gasteiger partial charge in [0.15, 0.2) is 0 Å². The Hall–Kier alpha value is -0.810. The molecule has 0 saturated heterocycles. The molecule has 0 spiro atoms. The number of nitrogens with zero attached hydrogens (tertiary/aromatic N) is 1. The van der Waals surface area contributed by atoms with Crippen LogP contribution in [0.4, 0.5) is 0 Å². The minimum absolute atomic E-state index is 0.0160. The largest absolute Gasteiger partial charge is 0.197 e. The molecule has 0 radical (unpaired) electrons. The van der Waals surface area contributed by atoms with E-state index in [-0.39, 0.29) is 4.83 Å². The van der Waals surface area contributed by atoms with Crippen molar-refractivity contribution in [2.75, 3.05) is 0 Å². The molecule has 0 aliphatic rings. The molecule has 0 N–H and O–H groups in total. The monoisotopic (exact) mass is 223 g/mol. The van der Waals surface area contributed by atoms with E-state index in [0.29, 0.717) is 0 Å². The van der Waals surface area contributed by atoms with E-state index in [0.717, 1.165) is 12.8 Å². The zero-order valence-corrected chi connectivity index (χ0v) is 8.29. The Morgan fingerprint density at radius 3 is 2.58 bits per heavy atom. The van der Waals surface area contributed by atoms with Crippen LogP contribution in [-0.4, -0.2) is 4.83 Å². The molecule has 0 unspecified atom stereocenters. The van der Waals surface area contributed by atoms with E-state index in [4.69, 9.17) is 5.26 Å². The van der Waals surface area contributed by atoms with Crippen molar-refractivity contribution in [3.05, 3.63) is 35.9 Å². The Kier molecular flexibility index (Phi) is 3.83. The van der Waals surface area contributed by atoms with E-state index in [1.54, 1.807) is 0 Å². The molecule has 0 bridgehead atoms. The quantitative estimate of drug-likeness (QED) is 0.724. The molecule has 1 aromatic carbocycles. The Balaban J connectivity index is 2.40. The number of hydrogen-bond donors (Lipinski definition) is 0. The van der Waals surface area contributed by atoms with Crippen molar-refractivity contribution in [2.45, 2.75) is 17.7 Å². The third-order valence-electron chi connectivity index (χ3n) is 1.67. The number of nitriles is 1. The van der Waals surface area contributed by atoms with Gasteiger partial charge in [-0.15, -0.1) is 0 Å². The van der Waals surface area contributed by atoms with Crippen molar-refractivity contribution >= 4 is 15.9 Å². The summed E-state index contributed by atoms with van der Waals surface area (Å²) in [6.45, 7) is 0. The van der Waals surface area contributed by atoms with Crippen LogP contribution in [0.5, 0.6) is 0 Å². The summed E-state index contributed by atoms with van der Waals surface area (Å²) >= 11 is 3.27. The normalized spacial score (nSPS) is 12.0. The van der Waals surface area contributed by atoms with Crippen molar-refractivity contribution in [1.29, 1.82) is 5.26 Å². The lowest BCUT2D eigenvalue weighted by atomic mass is 10.1. The summed E-state index contributed by atoms with van der Waals surface area (Å²) < 4.78 is 0. The van der Waals surface area contributed by atoms with Crippen LogP contribution in [0.1, 0.15) is 12.0 Å². The lowest BCUT2D eigenvalue weighted by molar-refractivity contribution is 0.872. The number of hydrogen-bond acceptors (Lipinski definition) is 1. The van der Waals surface area contributed by atoms with E-state index in [2.05, 4.69) is 34.1 Å². The Morgan fingerprint density at radius 2 is 2.00 bits per heavy atom. The van der Waals surface area contributed by atoms with Crippen molar-refractivity contribution in [2.24, 2.45) is 0 Å². The molecule has 1 aromatic rings. The summed E-state index contributed by atoms with van der Waals surface area (Å²) in [7, 11) is 0. The predicted molar refractivity (Wildman–Crippen MR) is 53.1 cm³/mol. The first kappa shape index (κ1) is 9.28. The third kappa shape index (κ3) is 3.06. The fraction of sp³-hybridized carbons (Fsp3) is 0.300. The number of aryl methyl sites for hydroxylation is 1. The first-order valence-corrected chi connectivity index (χ1v) is 4.82. The topological polar surface area (TPSA) is 23.8 Å². The first-order chi connectivity index (χ1) is 5.83. The highest BCUT2D eigenvalue weighted by Gasteiger charge is 2.00. The van der Waals surface area contributed by atoms with Gasteiger partial charge in [-0.2, -0.15) is 5.26 Å². The van der Waals surface area contributed by atoms with Crippen LogP contribution in [-0.2, 0) is 6.42 Å². The molecule has 0 fully saturated rings. The second-order valence-corrected chi connectivity index (χ2v) is 3.73. The van der Waals surface area contributed by atoms with E-state index in [1.807, 2.05) is 18.2 Å². The molecule has 0 aromatic heterocycles. The fourth-order valence-corrected chi connectivity index (χ4v) is 1.23. The van der Waals surface area contributed by atoms with Gasteiger partial charge in [0, 0.05) is 0 Å². The van der Waals surface area contributed by atoms with Crippen molar-refractivity contribution in [3.8, 4) is 6.07 Å². The van der Waals surface area contributed by atoms with Crippen molar-refractivity contribution < 1.29 is 0 Å². The second-order valence-electron chi connectivity index (χ2n) is 2.62. The van der Waals surface area contributed by atoms with Gasteiger partial charge in [-0.1, -0.05) is 46.3 Å². The summed E-state index contributed by atoms with van der Waals surface area (Å²) in [4.78, 5) is -0.0160. The zero-order chi connectivity index (χ0) is 8.81. The lowest BCUT2D eigenvalue weighted by Gasteiger charge is -2.00. The molecule has 0 aliphatic heterocycles. The van der Waals surface area contributed by atoms with Gasteiger partial charge in [0.1, 0.15) is 4.83 Å². The standard InChI is InChI=1S/C10H10BrN/c11-10(8-12)7-6-9-4-2-1-3-5-9/h1-5,10H,6-7H2/t10-/m0/s1. The Labute approximate surface area is 81.2 Å². The lowest BCUT2D eigenvalue weighted by Crippen LogP contribution is -1.95. The van der Waals surface area contributed by atoms with Gasteiger partial charge in [0.2, 0.25) is 0 Å². The molecule has 0 saturated carbocycles. The maximum absolute atomic E-state index is 8.52. The zero-order valence-electron chi connectivity index (χ0n) is 6.70. The van der Waals surface area contributed by atoms with Gasteiger partial charge < -0.3 is 0 Å². The van der Waals surface area contributed by atoms with Crippen LogP contribution in [0.25, 0.3) is 0 Å². The molecule has 12 heavy (non-hydrogen) atoms. The SMILES string of the molecule is N#C[C@@H](Br)CCc1ccccc1. The van der Waals surface area contributed by atoms with Crippen LogP contribution >= 0.6 is 15.9 Å². The number of rotatable bonds is 3. The Bertz CT molecular complexity index is 263. The third-order valence-corrected chi connectivity index (χ3v) is 2.33. The predicted octanol–water partition coefficient (Wildman–Crippen LogP) is 2.91. The molecular formula is C10H10BrN. The molecule has 2 heteroatoms. The van der Waals surface area contributed by atoms with Gasteiger partial charge in [-0.3, -0.25) is 0 Å². The average molecular weight is 224 g/mol. The van der Waals surface area contributed by atoms with Crippen molar-refractivity contribution in [1.82, 2.24) is 0 Å². The highest BCUT2D eigenvalue weighted by molar-refractivity contribution is 9.09. The van der Waals surface area contributed by atoms with E-state index >= 15 is 0 Å². The van der Waals surface area contributed by atoms with Crippen LogP contribution in [0.2, 0.25) is 0 Å².